The van der Waals surface area contributed by atoms with E-state index in [1.54, 1.807) is 0 Å². The summed E-state index contributed by atoms with van der Waals surface area (Å²) in [5, 5.41) is 10.7. The fraction of sp³-hybridized carbons (Fsp3) is 0.571. The first-order valence-corrected chi connectivity index (χ1v) is 7.23. The second-order valence-electron chi connectivity index (χ2n) is 4.76. The van der Waals surface area contributed by atoms with E-state index in [1.807, 2.05) is 30.8 Å². The van der Waals surface area contributed by atoms with E-state index >= 15 is 0 Å². The van der Waals surface area contributed by atoms with Crippen molar-refractivity contribution in [2.45, 2.75) is 37.9 Å². The molecule has 2 unspecified atom stereocenters. The van der Waals surface area contributed by atoms with Crippen molar-refractivity contribution >= 4 is 11.8 Å². The van der Waals surface area contributed by atoms with Gasteiger partial charge in [-0.3, -0.25) is 0 Å². The lowest BCUT2D eigenvalue weighted by molar-refractivity contribution is 0.155. The standard InChI is InChI=1S/C14H20O2S/c1-4-16-11-6-5-10-8-17-14(9(2)3)13(15)12(10)7-11/h5-7,9,13-15H,4,8H2,1-3H3. The topological polar surface area (TPSA) is 29.5 Å². The lowest BCUT2D eigenvalue weighted by atomic mass is 9.95. The first-order valence-electron chi connectivity index (χ1n) is 6.18. The minimum absolute atomic E-state index is 0.291. The van der Waals surface area contributed by atoms with Gasteiger partial charge in [0.25, 0.3) is 0 Å². The van der Waals surface area contributed by atoms with Crippen LogP contribution in [0.4, 0.5) is 0 Å². The van der Waals surface area contributed by atoms with E-state index in [1.165, 1.54) is 5.56 Å². The fourth-order valence-electron chi connectivity index (χ4n) is 2.25. The largest absolute Gasteiger partial charge is 0.494 e. The van der Waals surface area contributed by atoms with Crippen LogP contribution < -0.4 is 4.74 Å². The van der Waals surface area contributed by atoms with Crippen LogP contribution >= 0.6 is 11.8 Å². The Kier molecular flexibility index (Phi) is 4.00. The predicted octanol–water partition coefficient (Wildman–Crippen LogP) is 3.39. The number of hydrogen-bond acceptors (Lipinski definition) is 3. The van der Waals surface area contributed by atoms with Crippen molar-refractivity contribution in [3.63, 3.8) is 0 Å². The summed E-state index contributed by atoms with van der Waals surface area (Å²) >= 11 is 1.85. The van der Waals surface area contributed by atoms with Gasteiger partial charge in [-0.2, -0.15) is 11.8 Å². The number of ether oxygens (including phenoxy) is 1. The van der Waals surface area contributed by atoms with Crippen LogP contribution in [0, 0.1) is 5.92 Å². The van der Waals surface area contributed by atoms with E-state index in [0.29, 0.717) is 17.8 Å². The lowest BCUT2D eigenvalue weighted by Crippen LogP contribution is -2.25. The molecule has 3 heteroatoms. The molecule has 94 valence electrons. The Hall–Kier alpha value is -0.670. The number of aliphatic hydroxyl groups is 1. The minimum Gasteiger partial charge on any atom is -0.494 e. The Bertz CT molecular complexity index is 390. The highest BCUT2D eigenvalue weighted by Gasteiger charge is 2.30. The van der Waals surface area contributed by atoms with E-state index in [4.69, 9.17) is 4.74 Å². The van der Waals surface area contributed by atoms with Crippen molar-refractivity contribution in [2.75, 3.05) is 6.61 Å². The first kappa shape index (κ1) is 12.8. The molecule has 0 radical (unpaired) electrons. The highest BCUT2D eigenvalue weighted by molar-refractivity contribution is 7.99. The number of hydrogen-bond donors (Lipinski definition) is 1. The monoisotopic (exact) mass is 252 g/mol. The summed E-state index contributed by atoms with van der Waals surface area (Å²) in [6.45, 7) is 6.97. The van der Waals surface area contributed by atoms with E-state index in [-0.39, 0.29) is 6.10 Å². The van der Waals surface area contributed by atoms with Gasteiger partial charge in [0.05, 0.1) is 12.7 Å². The van der Waals surface area contributed by atoms with Gasteiger partial charge in [0.2, 0.25) is 0 Å². The summed E-state index contributed by atoms with van der Waals surface area (Å²) in [4.78, 5) is 0. The maximum atomic E-state index is 10.4. The molecule has 1 aliphatic heterocycles. The van der Waals surface area contributed by atoms with Crippen LogP contribution in [0.2, 0.25) is 0 Å². The molecule has 1 aliphatic rings. The minimum atomic E-state index is -0.371. The lowest BCUT2D eigenvalue weighted by Gasteiger charge is -2.32. The van der Waals surface area contributed by atoms with Crippen molar-refractivity contribution in [2.24, 2.45) is 5.92 Å². The molecular weight excluding hydrogens is 232 g/mol. The highest BCUT2D eigenvalue weighted by atomic mass is 32.2. The van der Waals surface area contributed by atoms with Crippen molar-refractivity contribution in [3.8, 4) is 5.75 Å². The Morgan fingerprint density at radius 2 is 2.24 bits per heavy atom. The smallest absolute Gasteiger partial charge is 0.119 e. The van der Waals surface area contributed by atoms with E-state index in [0.717, 1.165) is 17.1 Å². The summed E-state index contributed by atoms with van der Waals surface area (Å²) < 4.78 is 5.50. The fourth-order valence-corrected chi connectivity index (χ4v) is 3.60. The molecule has 0 saturated carbocycles. The van der Waals surface area contributed by atoms with Gasteiger partial charge in [0.15, 0.2) is 0 Å². The van der Waals surface area contributed by atoms with Gasteiger partial charge in [0, 0.05) is 11.0 Å². The molecule has 1 aromatic carbocycles. The molecule has 2 rings (SSSR count). The summed E-state index contributed by atoms with van der Waals surface area (Å²) in [7, 11) is 0. The van der Waals surface area contributed by atoms with Crippen molar-refractivity contribution in [1.82, 2.24) is 0 Å². The van der Waals surface area contributed by atoms with Crippen LogP contribution in [0.5, 0.6) is 5.75 Å². The molecule has 1 aromatic rings. The molecule has 1 N–H and O–H groups in total. The van der Waals surface area contributed by atoms with E-state index in [9.17, 15) is 5.11 Å². The second kappa shape index (κ2) is 5.32. The quantitative estimate of drug-likeness (QED) is 0.894. The zero-order chi connectivity index (χ0) is 12.4. The number of fused-ring (bicyclic) bond motifs is 1. The molecule has 1 heterocycles. The van der Waals surface area contributed by atoms with Gasteiger partial charge < -0.3 is 9.84 Å². The van der Waals surface area contributed by atoms with Crippen molar-refractivity contribution in [3.05, 3.63) is 29.3 Å². The third-order valence-electron chi connectivity index (χ3n) is 3.15. The van der Waals surface area contributed by atoms with Crippen LogP contribution in [-0.4, -0.2) is 17.0 Å². The molecule has 0 fully saturated rings. The Labute approximate surface area is 107 Å². The summed E-state index contributed by atoms with van der Waals surface area (Å²) in [5.74, 6) is 2.33. The predicted molar refractivity (Wildman–Crippen MR) is 72.5 cm³/mol. The van der Waals surface area contributed by atoms with Gasteiger partial charge >= 0.3 is 0 Å². The number of aliphatic hydroxyl groups excluding tert-OH is 1. The van der Waals surface area contributed by atoms with E-state index in [2.05, 4.69) is 19.9 Å². The normalized spacial score (nSPS) is 23.6. The average Bonchev–Trinajstić information content (AvgIpc) is 2.30. The van der Waals surface area contributed by atoms with E-state index < -0.39 is 0 Å². The summed E-state index contributed by atoms with van der Waals surface area (Å²) in [6.07, 6.45) is -0.371. The zero-order valence-electron chi connectivity index (χ0n) is 10.6. The summed E-state index contributed by atoms with van der Waals surface area (Å²) in [5.41, 5.74) is 2.29. The molecule has 0 amide bonds. The van der Waals surface area contributed by atoms with Gasteiger partial charge in [0.1, 0.15) is 5.75 Å². The molecule has 0 spiro atoms. The van der Waals surface area contributed by atoms with Crippen LogP contribution in [0.15, 0.2) is 18.2 Å². The van der Waals surface area contributed by atoms with Gasteiger partial charge in [-0.15, -0.1) is 0 Å². The molecular formula is C14H20O2S. The third kappa shape index (κ3) is 2.61. The van der Waals surface area contributed by atoms with Gasteiger partial charge in [-0.25, -0.2) is 0 Å². The molecule has 0 aliphatic carbocycles. The van der Waals surface area contributed by atoms with Gasteiger partial charge in [-0.1, -0.05) is 19.9 Å². The maximum Gasteiger partial charge on any atom is 0.119 e. The Morgan fingerprint density at radius 3 is 2.88 bits per heavy atom. The zero-order valence-corrected chi connectivity index (χ0v) is 11.5. The molecule has 2 nitrogen and oxygen atoms in total. The summed E-state index contributed by atoms with van der Waals surface area (Å²) in [6, 6.07) is 6.07. The number of thioether (sulfide) groups is 1. The van der Waals surface area contributed by atoms with Crippen molar-refractivity contribution in [1.29, 1.82) is 0 Å². The number of benzene rings is 1. The number of rotatable bonds is 3. The molecule has 2 atom stereocenters. The Balaban J connectivity index is 2.29. The SMILES string of the molecule is CCOc1ccc2c(c1)C(O)C(C(C)C)SC2. The second-order valence-corrected chi connectivity index (χ2v) is 5.92. The van der Waals surface area contributed by atoms with Crippen LogP contribution in [0.25, 0.3) is 0 Å². The molecule has 0 bridgehead atoms. The maximum absolute atomic E-state index is 10.4. The van der Waals surface area contributed by atoms with Gasteiger partial charge in [-0.05, 0) is 36.1 Å². The molecule has 17 heavy (non-hydrogen) atoms. The highest BCUT2D eigenvalue weighted by Crippen LogP contribution is 2.42. The van der Waals surface area contributed by atoms with Crippen LogP contribution in [0.3, 0.4) is 0 Å². The van der Waals surface area contributed by atoms with Crippen LogP contribution in [-0.2, 0) is 5.75 Å². The first-order chi connectivity index (χ1) is 8.13. The van der Waals surface area contributed by atoms with Crippen LogP contribution in [0.1, 0.15) is 38.0 Å². The third-order valence-corrected chi connectivity index (χ3v) is 4.81. The molecule has 0 saturated heterocycles. The Morgan fingerprint density at radius 1 is 1.47 bits per heavy atom. The molecule has 0 aromatic heterocycles. The average molecular weight is 252 g/mol. The van der Waals surface area contributed by atoms with Crippen molar-refractivity contribution < 1.29 is 9.84 Å².